The van der Waals surface area contributed by atoms with Gasteiger partial charge >= 0.3 is 6.09 Å². The second-order valence-electron chi connectivity index (χ2n) is 10.8. The quantitative estimate of drug-likeness (QED) is 0.273. The largest absolute Gasteiger partial charge is 0.472 e. The Morgan fingerprint density at radius 1 is 1.23 bits per heavy atom. The molecule has 0 radical (unpaired) electrons. The molecule has 1 aliphatic rings. The molecule has 4 heterocycles. The summed E-state index contributed by atoms with van der Waals surface area (Å²) in [5.41, 5.74) is 3.12. The number of hydrogen-bond acceptors (Lipinski definition) is 9. The van der Waals surface area contributed by atoms with E-state index in [1.807, 2.05) is 30.5 Å². The van der Waals surface area contributed by atoms with Crippen molar-refractivity contribution < 1.29 is 29.0 Å². The van der Waals surface area contributed by atoms with Gasteiger partial charge in [-0.1, -0.05) is 6.08 Å². The van der Waals surface area contributed by atoms with Crippen molar-refractivity contribution in [1.29, 1.82) is 0 Å². The molecule has 0 saturated carbocycles. The third-order valence-corrected chi connectivity index (χ3v) is 7.05. The van der Waals surface area contributed by atoms with E-state index in [-0.39, 0.29) is 11.6 Å². The van der Waals surface area contributed by atoms with E-state index in [9.17, 15) is 19.8 Å². The zero-order valence-corrected chi connectivity index (χ0v) is 23.5. The summed E-state index contributed by atoms with van der Waals surface area (Å²) >= 11 is 1.36. The number of fused-ring (bicyclic) bond motifs is 1. The van der Waals surface area contributed by atoms with Gasteiger partial charge in [0.15, 0.2) is 0 Å². The van der Waals surface area contributed by atoms with Gasteiger partial charge in [-0.25, -0.2) is 9.78 Å². The molecule has 5 rings (SSSR count). The van der Waals surface area contributed by atoms with Crippen molar-refractivity contribution in [2.24, 2.45) is 0 Å². The van der Waals surface area contributed by atoms with Gasteiger partial charge in [0, 0.05) is 60.7 Å². The molecule has 0 atom stereocenters. The number of aliphatic hydroxyl groups is 2. The summed E-state index contributed by atoms with van der Waals surface area (Å²) in [7, 11) is 0. The molecule has 210 valence electrons. The lowest BCUT2D eigenvalue weighted by molar-refractivity contribution is -0.139. The average Bonchev–Trinajstić information content (AvgIpc) is 3.62. The highest BCUT2D eigenvalue weighted by molar-refractivity contribution is 7.11. The topological polar surface area (TPSA) is 143 Å². The second kappa shape index (κ2) is 10.5. The zero-order valence-electron chi connectivity index (χ0n) is 22.7. The first-order chi connectivity index (χ1) is 18.8. The molecule has 0 bridgehead atoms. The van der Waals surface area contributed by atoms with Crippen LogP contribution in [0.15, 0.2) is 52.8 Å². The Balaban J connectivity index is 1.34. The van der Waals surface area contributed by atoms with Crippen LogP contribution in [0.3, 0.4) is 0 Å². The van der Waals surface area contributed by atoms with Crippen LogP contribution in [0.5, 0.6) is 0 Å². The van der Waals surface area contributed by atoms with Gasteiger partial charge in [-0.05, 0) is 44.0 Å². The molecular weight excluding hydrogens is 534 g/mol. The van der Waals surface area contributed by atoms with Crippen molar-refractivity contribution >= 4 is 45.5 Å². The third-order valence-electron chi connectivity index (χ3n) is 6.14. The molecule has 0 aliphatic carbocycles. The summed E-state index contributed by atoms with van der Waals surface area (Å²) in [5.74, 6) is -1.90. The Labute approximate surface area is 234 Å². The summed E-state index contributed by atoms with van der Waals surface area (Å²) in [6.07, 6.45) is 6.84. The summed E-state index contributed by atoms with van der Waals surface area (Å²) in [6, 6.07) is 5.54. The number of ether oxygens (including phenoxy) is 1. The minimum Gasteiger partial charge on any atom is -0.472 e. The number of carbonyl (C=O) groups excluding carboxylic acids is 2. The predicted molar refractivity (Wildman–Crippen MR) is 151 cm³/mol. The Morgan fingerprint density at radius 2 is 2.02 bits per heavy atom. The Morgan fingerprint density at radius 3 is 2.67 bits per heavy atom. The van der Waals surface area contributed by atoms with Crippen molar-refractivity contribution in [3.8, 4) is 11.1 Å². The van der Waals surface area contributed by atoms with Crippen molar-refractivity contribution in [2.45, 2.75) is 52.0 Å². The van der Waals surface area contributed by atoms with Crippen LogP contribution < -0.4 is 5.32 Å². The number of nitrogens with zero attached hydrogens (tertiary/aromatic N) is 4. The number of benzene rings is 1. The van der Waals surface area contributed by atoms with Crippen LogP contribution in [-0.2, 0) is 11.3 Å². The Kier molecular flexibility index (Phi) is 7.25. The molecule has 2 amide bonds. The lowest BCUT2D eigenvalue weighted by Crippen LogP contribution is -2.40. The average molecular weight is 566 g/mol. The van der Waals surface area contributed by atoms with E-state index < -0.39 is 17.5 Å². The number of furan rings is 1. The number of rotatable bonds is 7. The van der Waals surface area contributed by atoms with E-state index in [2.05, 4.69) is 15.4 Å². The molecule has 3 N–H and O–H groups in total. The van der Waals surface area contributed by atoms with Gasteiger partial charge in [-0.15, -0.1) is 11.3 Å². The molecular formula is C28H31N5O6S. The molecule has 12 heteroatoms. The van der Waals surface area contributed by atoms with Gasteiger partial charge < -0.3 is 29.6 Å². The summed E-state index contributed by atoms with van der Waals surface area (Å²) in [6.45, 7) is 7.29. The minimum absolute atomic E-state index is 0.278. The normalized spacial score (nSPS) is 14.3. The maximum atomic E-state index is 13.3. The van der Waals surface area contributed by atoms with E-state index in [1.54, 1.807) is 36.4 Å². The monoisotopic (exact) mass is 565 g/mol. The van der Waals surface area contributed by atoms with Crippen molar-refractivity contribution in [3.05, 3.63) is 59.1 Å². The van der Waals surface area contributed by atoms with Crippen molar-refractivity contribution in [3.63, 3.8) is 0 Å². The fourth-order valence-corrected chi connectivity index (χ4v) is 5.25. The van der Waals surface area contributed by atoms with E-state index in [0.29, 0.717) is 36.8 Å². The first-order valence-electron chi connectivity index (χ1n) is 12.8. The number of nitrogens with one attached hydrogen (secondary N) is 1. The highest BCUT2D eigenvalue weighted by atomic mass is 32.1. The fraction of sp³-hybridized carbons (Fsp3) is 0.357. The minimum atomic E-state index is -1.54. The maximum Gasteiger partial charge on any atom is 0.412 e. The molecule has 11 nitrogen and oxygen atoms in total. The molecule has 1 aromatic carbocycles. The van der Waals surface area contributed by atoms with E-state index in [4.69, 9.17) is 9.15 Å². The standard InChI is InChI=1S/C28H31N5O6S/c1-27(2,36)16-33-13-19-11-22(20(12-21(19)31-33)18-7-10-38-14-18)29-24(34)23-15-40-25(30-23)17-5-8-32(9-6-17)26(35)39-28(3,4)37/h5,7,10-15,36-37H,6,8-9,16H2,1-4H3,(H,29,34). The van der Waals surface area contributed by atoms with Gasteiger partial charge in [-0.2, -0.15) is 5.10 Å². The number of hydrogen-bond donors (Lipinski definition) is 3. The molecule has 0 saturated heterocycles. The predicted octanol–water partition coefficient (Wildman–Crippen LogP) is 4.73. The Bertz CT molecular complexity index is 1570. The van der Waals surface area contributed by atoms with E-state index in [0.717, 1.165) is 27.6 Å². The number of anilines is 1. The SMILES string of the molecule is CC(C)(O)Cn1cc2cc(NC(=O)c3csc(C4=CCN(C(=O)OC(C)(C)O)CC4)n3)c(-c3ccoc3)cc2n1. The smallest absolute Gasteiger partial charge is 0.412 e. The van der Waals surface area contributed by atoms with Gasteiger partial charge in [0.05, 0.1) is 30.2 Å². The lowest BCUT2D eigenvalue weighted by atomic mass is 10.0. The van der Waals surface area contributed by atoms with Crippen LogP contribution >= 0.6 is 11.3 Å². The van der Waals surface area contributed by atoms with Gasteiger partial charge in [0.1, 0.15) is 10.7 Å². The highest BCUT2D eigenvalue weighted by Gasteiger charge is 2.26. The number of thiazole rings is 1. The first-order valence-corrected chi connectivity index (χ1v) is 13.7. The number of carbonyl (C=O) groups is 2. The Hall–Kier alpha value is -4.00. The molecule has 0 spiro atoms. The summed E-state index contributed by atoms with van der Waals surface area (Å²) in [4.78, 5) is 31.5. The van der Waals surface area contributed by atoms with Crippen LogP contribution in [0.4, 0.5) is 10.5 Å². The van der Waals surface area contributed by atoms with Gasteiger partial charge in [0.2, 0.25) is 5.79 Å². The zero-order chi connectivity index (χ0) is 28.7. The van der Waals surface area contributed by atoms with Crippen molar-refractivity contribution in [2.75, 3.05) is 18.4 Å². The molecule has 4 aromatic rings. The summed E-state index contributed by atoms with van der Waals surface area (Å²) < 4.78 is 12.0. The fourth-order valence-electron chi connectivity index (χ4n) is 4.38. The number of aromatic nitrogens is 3. The van der Waals surface area contributed by atoms with Crippen molar-refractivity contribution in [1.82, 2.24) is 19.7 Å². The molecule has 40 heavy (non-hydrogen) atoms. The van der Waals surface area contributed by atoms with E-state index in [1.165, 1.54) is 30.1 Å². The van der Waals surface area contributed by atoms with Crippen LogP contribution in [0.25, 0.3) is 27.6 Å². The molecule has 0 unspecified atom stereocenters. The van der Waals surface area contributed by atoms with Gasteiger partial charge in [-0.3, -0.25) is 9.48 Å². The van der Waals surface area contributed by atoms with E-state index >= 15 is 0 Å². The van der Waals surface area contributed by atoms with Crippen LogP contribution in [0.1, 0.15) is 49.6 Å². The van der Waals surface area contributed by atoms with Gasteiger partial charge in [0.25, 0.3) is 5.91 Å². The lowest BCUT2D eigenvalue weighted by Gasteiger charge is -2.28. The molecule has 0 fully saturated rings. The van der Waals surface area contributed by atoms with Crippen LogP contribution in [-0.4, -0.2) is 66.4 Å². The van der Waals surface area contributed by atoms with Crippen LogP contribution in [0, 0.1) is 0 Å². The molecule has 1 aliphatic heterocycles. The third kappa shape index (κ3) is 6.41. The first kappa shape index (κ1) is 27.6. The second-order valence-corrected chi connectivity index (χ2v) is 11.7. The number of amides is 2. The maximum absolute atomic E-state index is 13.3. The highest BCUT2D eigenvalue weighted by Crippen LogP contribution is 2.33. The summed E-state index contributed by atoms with van der Waals surface area (Å²) in [5, 5.41) is 30.7. The molecule has 3 aromatic heterocycles. The van der Waals surface area contributed by atoms with Crippen LogP contribution in [0.2, 0.25) is 0 Å².